The molecule has 3 rings (SSSR count). The number of aryl methyl sites for hydroxylation is 2. The number of aromatic amines is 1. The minimum Gasteiger partial charge on any atom is -0.339 e. The summed E-state index contributed by atoms with van der Waals surface area (Å²) in [5.41, 5.74) is 4.11. The lowest BCUT2D eigenvalue weighted by molar-refractivity contribution is 0.965. The van der Waals surface area contributed by atoms with E-state index in [1.165, 1.54) is 5.56 Å². The Labute approximate surface area is 105 Å². The molecule has 1 aromatic carbocycles. The number of hydrogen-bond acceptors (Lipinski definition) is 1. The average molecular weight is 238 g/mol. The van der Waals surface area contributed by atoms with E-state index in [0.29, 0.717) is 0 Å². The molecule has 0 radical (unpaired) electrons. The van der Waals surface area contributed by atoms with E-state index < -0.39 is 0 Å². The summed E-state index contributed by atoms with van der Waals surface area (Å²) in [6, 6.07) is 12.2. The third-order valence-corrected chi connectivity index (χ3v) is 3.38. The van der Waals surface area contributed by atoms with E-state index in [1.807, 2.05) is 29.8 Å². The van der Waals surface area contributed by atoms with E-state index in [1.54, 1.807) is 6.20 Å². The first-order chi connectivity index (χ1) is 8.68. The Kier molecular flexibility index (Phi) is 2.33. The van der Waals surface area contributed by atoms with E-state index in [9.17, 15) is 4.79 Å². The smallest absolute Gasteiger partial charge is 0.272 e. The highest BCUT2D eigenvalue weighted by molar-refractivity contribution is 5.86. The highest BCUT2D eigenvalue weighted by Gasteiger charge is 2.11. The summed E-state index contributed by atoms with van der Waals surface area (Å²) >= 11 is 0. The summed E-state index contributed by atoms with van der Waals surface area (Å²) in [5.74, 6) is 0. The molecular weight excluding hydrogens is 224 g/mol. The molecule has 0 aliphatic heterocycles. The fraction of sp³-hybridized carbons (Fsp3) is 0.133. The summed E-state index contributed by atoms with van der Waals surface area (Å²) < 4.78 is 1.95. The molecular formula is C15H14N2O. The predicted molar refractivity (Wildman–Crippen MR) is 73.7 cm³/mol. The van der Waals surface area contributed by atoms with Gasteiger partial charge in [-0.3, -0.25) is 4.79 Å². The zero-order valence-electron chi connectivity index (χ0n) is 10.4. The van der Waals surface area contributed by atoms with Crippen LogP contribution in [0.3, 0.4) is 0 Å². The Morgan fingerprint density at radius 3 is 2.67 bits per heavy atom. The highest BCUT2D eigenvalue weighted by Crippen LogP contribution is 2.27. The molecule has 0 atom stereocenters. The van der Waals surface area contributed by atoms with Gasteiger partial charge in [-0.05, 0) is 24.6 Å². The van der Waals surface area contributed by atoms with Gasteiger partial charge < -0.3 is 9.55 Å². The molecule has 2 heterocycles. The van der Waals surface area contributed by atoms with Gasteiger partial charge in [0.15, 0.2) is 0 Å². The zero-order chi connectivity index (χ0) is 12.7. The molecule has 2 aromatic heterocycles. The van der Waals surface area contributed by atoms with Crippen LogP contribution in [0.25, 0.3) is 22.2 Å². The number of hydrogen-bond donors (Lipinski definition) is 1. The minimum atomic E-state index is -0.0464. The summed E-state index contributed by atoms with van der Waals surface area (Å²) in [6.45, 7) is 2.08. The quantitative estimate of drug-likeness (QED) is 0.695. The first kappa shape index (κ1) is 10.8. The van der Waals surface area contributed by atoms with Crippen molar-refractivity contribution < 1.29 is 0 Å². The monoisotopic (exact) mass is 238 g/mol. The molecule has 3 heteroatoms. The standard InChI is InChI=1S/C15H14N2O/c1-10-5-3-4-6-12(10)13-9-11-7-8-16-15(18)14(11)17(13)2/h3-9H,1-2H3,(H,16,18). The van der Waals surface area contributed by atoms with E-state index in [0.717, 1.165) is 22.2 Å². The second-order valence-corrected chi connectivity index (χ2v) is 4.51. The topological polar surface area (TPSA) is 37.8 Å². The maximum absolute atomic E-state index is 11.9. The van der Waals surface area contributed by atoms with Crippen LogP contribution in [0.4, 0.5) is 0 Å². The van der Waals surface area contributed by atoms with E-state index >= 15 is 0 Å². The number of nitrogens with zero attached hydrogens (tertiary/aromatic N) is 1. The van der Waals surface area contributed by atoms with Gasteiger partial charge >= 0.3 is 0 Å². The van der Waals surface area contributed by atoms with Crippen molar-refractivity contribution in [2.75, 3.05) is 0 Å². The largest absolute Gasteiger partial charge is 0.339 e. The fourth-order valence-electron chi connectivity index (χ4n) is 2.43. The Balaban J connectivity index is 2.39. The first-order valence-electron chi connectivity index (χ1n) is 5.91. The number of pyridine rings is 1. The number of nitrogens with one attached hydrogen (secondary N) is 1. The molecule has 0 amide bonds. The molecule has 18 heavy (non-hydrogen) atoms. The Bertz CT molecular complexity index is 781. The molecule has 3 aromatic rings. The summed E-state index contributed by atoms with van der Waals surface area (Å²) in [5, 5.41) is 0.972. The van der Waals surface area contributed by atoms with Gasteiger partial charge in [0, 0.05) is 29.9 Å². The van der Waals surface area contributed by atoms with Crippen molar-refractivity contribution in [1.82, 2.24) is 9.55 Å². The van der Waals surface area contributed by atoms with Gasteiger partial charge in [0.25, 0.3) is 5.56 Å². The molecule has 0 aliphatic rings. The van der Waals surface area contributed by atoms with E-state index in [4.69, 9.17) is 0 Å². The average Bonchev–Trinajstić information content (AvgIpc) is 2.69. The Morgan fingerprint density at radius 1 is 1.17 bits per heavy atom. The normalized spacial score (nSPS) is 11.0. The lowest BCUT2D eigenvalue weighted by atomic mass is 10.1. The van der Waals surface area contributed by atoms with Crippen LogP contribution in [0.2, 0.25) is 0 Å². The molecule has 0 aliphatic carbocycles. The van der Waals surface area contributed by atoms with Crippen molar-refractivity contribution in [3.05, 3.63) is 58.5 Å². The minimum absolute atomic E-state index is 0.0464. The maximum atomic E-state index is 11.9. The SMILES string of the molecule is Cc1ccccc1-c1cc2cc[nH]c(=O)c2n1C. The van der Waals surface area contributed by atoms with Crippen LogP contribution in [0.15, 0.2) is 47.4 Å². The van der Waals surface area contributed by atoms with Crippen molar-refractivity contribution in [1.29, 1.82) is 0 Å². The molecule has 0 unspecified atom stereocenters. The first-order valence-corrected chi connectivity index (χ1v) is 5.91. The summed E-state index contributed by atoms with van der Waals surface area (Å²) in [7, 11) is 1.93. The zero-order valence-corrected chi connectivity index (χ0v) is 10.4. The predicted octanol–water partition coefficient (Wildman–Crippen LogP) is 2.84. The van der Waals surface area contributed by atoms with Crippen LogP contribution in [0.5, 0.6) is 0 Å². The number of rotatable bonds is 1. The Hall–Kier alpha value is -2.29. The summed E-state index contributed by atoms with van der Waals surface area (Å²) in [6.07, 6.45) is 1.69. The van der Waals surface area contributed by atoms with Crippen molar-refractivity contribution in [3.8, 4) is 11.3 Å². The number of H-pyrrole nitrogens is 1. The van der Waals surface area contributed by atoms with Crippen LogP contribution in [0, 0.1) is 6.92 Å². The van der Waals surface area contributed by atoms with Crippen LogP contribution in [-0.4, -0.2) is 9.55 Å². The lowest BCUT2D eigenvalue weighted by Crippen LogP contribution is -2.08. The number of benzene rings is 1. The van der Waals surface area contributed by atoms with Crippen LogP contribution in [0.1, 0.15) is 5.56 Å². The number of fused-ring (bicyclic) bond motifs is 1. The van der Waals surface area contributed by atoms with Gasteiger partial charge in [0.2, 0.25) is 0 Å². The second kappa shape index (κ2) is 3.88. The second-order valence-electron chi connectivity index (χ2n) is 4.51. The third kappa shape index (κ3) is 1.48. The van der Waals surface area contributed by atoms with Gasteiger partial charge in [-0.15, -0.1) is 0 Å². The fourth-order valence-corrected chi connectivity index (χ4v) is 2.43. The molecule has 90 valence electrons. The molecule has 0 saturated heterocycles. The van der Waals surface area contributed by atoms with Crippen molar-refractivity contribution in [2.24, 2.45) is 7.05 Å². The maximum Gasteiger partial charge on any atom is 0.272 e. The van der Waals surface area contributed by atoms with Crippen LogP contribution in [-0.2, 0) is 7.05 Å². The van der Waals surface area contributed by atoms with Gasteiger partial charge in [-0.2, -0.15) is 0 Å². The van der Waals surface area contributed by atoms with Crippen LogP contribution < -0.4 is 5.56 Å². The van der Waals surface area contributed by atoms with Gasteiger partial charge in [0.05, 0.1) is 0 Å². The molecule has 0 spiro atoms. The highest BCUT2D eigenvalue weighted by atomic mass is 16.1. The molecule has 3 nitrogen and oxygen atoms in total. The Morgan fingerprint density at radius 2 is 1.94 bits per heavy atom. The third-order valence-electron chi connectivity index (χ3n) is 3.38. The molecule has 0 fully saturated rings. The van der Waals surface area contributed by atoms with E-state index in [-0.39, 0.29) is 5.56 Å². The lowest BCUT2D eigenvalue weighted by Gasteiger charge is -2.06. The number of aromatic nitrogens is 2. The molecule has 0 saturated carbocycles. The van der Waals surface area contributed by atoms with Crippen molar-refractivity contribution in [2.45, 2.75) is 6.92 Å². The van der Waals surface area contributed by atoms with Crippen LogP contribution >= 0.6 is 0 Å². The van der Waals surface area contributed by atoms with Gasteiger partial charge in [0.1, 0.15) is 5.52 Å². The molecule has 0 bridgehead atoms. The van der Waals surface area contributed by atoms with E-state index in [2.05, 4.69) is 30.1 Å². The molecule has 1 N–H and O–H groups in total. The van der Waals surface area contributed by atoms with Gasteiger partial charge in [-0.25, -0.2) is 0 Å². The van der Waals surface area contributed by atoms with Crippen molar-refractivity contribution in [3.63, 3.8) is 0 Å². The summed E-state index contributed by atoms with van der Waals surface area (Å²) in [4.78, 5) is 14.6. The van der Waals surface area contributed by atoms with Gasteiger partial charge in [-0.1, -0.05) is 24.3 Å². The van der Waals surface area contributed by atoms with Crippen molar-refractivity contribution >= 4 is 10.9 Å².